The highest BCUT2D eigenvalue weighted by atomic mass is 35.5. The molecule has 1 heterocycles. The first-order valence-corrected chi connectivity index (χ1v) is 6.75. The SMILES string of the molecule is CCCNc1ncc(Cl)c(Oc2ccc(F)c(Cl)c2)n1. The Labute approximate surface area is 125 Å². The molecule has 0 fully saturated rings. The van der Waals surface area contributed by atoms with Gasteiger partial charge in [0, 0.05) is 12.6 Å². The van der Waals surface area contributed by atoms with Gasteiger partial charge < -0.3 is 10.1 Å². The normalized spacial score (nSPS) is 10.4. The fraction of sp³-hybridized carbons (Fsp3) is 0.231. The molecule has 1 N–H and O–H groups in total. The predicted octanol–water partition coefficient (Wildman–Crippen LogP) is 4.54. The zero-order valence-electron chi connectivity index (χ0n) is 10.7. The van der Waals surface area contributed by atoms with Gasteiger partial charge in [0.1, 0.15) is 16.6 Å². The Hall–Kier alpha value is -1.59. The maximum Gasteiger partial charge on any atom is 0.243 e. The number of ether oxygens (including phenoxy) is 1. The van der Waals surface area contributed by atoms with Gasteiger partial charge in [-0.15, -0.1) is 0 Å². The topological polar surface area (TPSA) is 47.0 Å². The number of nitrogens with one attached hydrogen (secondary N) is 1. The van der Waals surface area contributed by atoms with Crippen molar-refractivity contribution >= 4 is 29.2 Å². The molecule has 2 rings (SSSR count). The van der Waals surface area contributed by atoms with Crippen LogP contribution in [-0.4, -0.2) is 16.5 Å². The number of hydrogen-bond donors (Lipinski definition) is 1. The lowest BCUT2D eigenvalue weighted by atomic mass is 10.3. The van der Waals surface area contributed by atoms with Gasteiger partial charge in [0.25, 0.3) is 0 Å². The number of anilines is 1. The van der Waals surface area contributed by atoms with E-state index < -0.39 is 5.82 Å². The summed E-state index contributed by atoms with van der Waals surface area (Å²) in [7, 11) is 0. The Morgan fingerprint density at radius 1 is 1.30 bits per heavy atom. The Balaban J connectivity index is 2.20. The molecule has 1 aromatic heterocycles. The molecule has 106 valence electrons. The van der Waals surface area contributed by atoms with Gasteiger partial charge in [-0.25, -0.2) is 9.37 Å². The van der Waals surface area contributed by atoms with Gasteiger partial charge in [-0.3, -0.25) is 0 Å². The molecule has 0 saturated carbocycles. The number of benzene rings is 1. The van der Waals surface area contributed by atoms with Crippen molar-refractivity contribution in [3.63, 3.8) is 0 Å². The van der Waals surface area contributed by atoms with Crippen molar-refractivity contribution < 1.29 is 9.13 Å². The summed E-state index contributed by atoms with van der Waals surface area (Å²) in [6.45, 7) is 2.77. The number of halogens is 3. The van der Waals surface area contributed by atoms with Crippen LogP contribution in [0.5, 0.6) is 11.6 Å². The van der Waals surface area contributed by atoms with Gasteiger partial charge in [0.05, 0.1) is 11.2 Å². The number of aromatic nitrogens is 2. The largest absolute Gasteiger partial charge is 0.437 e. The first-order valence-electron chi connectivity index (χ1n) is 5.99. The Morgan fingerprint density at radius 3 is 2.80 bits per heavy atom. The fourth-order valence-corrected chi connectivity index (χ4v) is 1.70. The van der Waals surface area contributed by atoms with Crippen molar-refractivity contribution in [2.24, 2.45) is 0 Å². The Bertz CT molecular complexity index is 610. The van der Waals surface area contributed by atoms with Crippen LogP contribution in [0.1, 0.15) is 13.3 Å². The molecule has 0 saturated heterocycles. The summed E-state index contributed by atoms with van der Waals surface area (Å²) in [4.78, 5) is 8.17. The minimum Gasteiger partial charge on any atom is -0.437 e. The second kappa shape index (κ2) is 6.72. The molecule has 0 radical (unpaired) electrons. The summed E-state index contributed by atoms with van der Waals surface area (Å²) < 4.78 is 18.6. The van der Waals surface area contributed by atoms with Crippen LogP contribution in [0.15, 0.2) is 24.4 Å². The van der Waals surface area contributed by atoms with Crippen molar-refractivity contribution in [2.45, 2.75) is 13.3 Å². The van der Waals surface area contributed by atoms with Gasteiger partial charge in [0.2, 0.25) is 11.8 Å². The minimum atomic E-state index is -0.516. The van der Waals surface area contributed by atoms with E-state index >= 15 is 0 Å². The van der Waals surface area contributed by atoms with Gasteiger partial charge in [-0.1, -0.05) is 30.1 Å². The van der Waals surface area contributed by atoms with Crippen molar-refractivity contribution in [3.05, 3.63) is 40.3 Å². The lowest BCUT2D eigenvalue weighted by Gasteiger charge is -2.09. The fourth-order valence-electron chi connectivity index (χ4n) is 1.40. The highest BCUT2D eigenvalue weighted by Crippen LogP contribution is 2.29. The number of nitrogens with zero attached hydrogens (tertiary/aromatic N) is 2. The van der Waals surface area contributed by atoms with E-state index in [1.54, 1.807) is 0 Å². The first-order chi connectivity index (χ1) is 9.60. The van der Waals surface area contributed by atoms with Gasteiger partial charge >= 0.3 is 0 Å². The van der Waals surface area contributed by atoms with Crippen molar-refractivity contribution in [1.29, 1.82) is 0 Å². The Morgan fingerprint density at radius 2 is 2.10 bits per heavy atom. The molecule has 7 heteroatoms. The van der Waals surface area contributed by atoms with Crippen LogP contribution < -0.4 is 10.1 Å². The zero-order valence-corrected chi connectivity index (χ0v) is 12.2. The van der Waals surface area contributed by atoms with Crippen molar-refractivity contribution in [2.75, 3.05) is 11.9 Å². The minimum absolute atomic E-state index is 0.0305. The lowest BCUT2D eigenvalue weighted by Crippen LogP contribution is -2.04. The summed E-state index contributed by atoms with van der Waals surface area (Å²) >= 11 is 11.7. The van der Waals surface area contributed by atoms with E-state index in [1.165, 1.54) is 24.4 Å². The summed E-state index contributed by atoms with van der Waals surface area (Å²) in [5.41, 5.74) is 0. The monoisotopic (exact) mass is 315 g/mol. The van der Waals surface area contributed by atoms with Gasteiger partial charge in [0.15, 0.2) is 0 Å². The molecule has 0 spiro atoms. The molecule has 4 nitrogen and oxygen atoms in total. The summed E-state index contributed by atoms with van der Waals surface area (Å²) in [6.07, 6.45) is 2.38. The third-order valence-corrected chi connectivity index (χ3v) is 2.90. The van der Waals surface area contributed by atoms with E-state index in [-0.39, 0.29) is 15.9 Å². The van der Waals surface area contributed by atoms with E-state index in [0.717, 1.165) is 13.0 Å². The Kier molecular flexibility index (Phi) is 4.98. The molecule has 0 aliphatic rings. The third-order valence-electron chi connectivity index (χ3n) is 2.35. The molecule has 2 aromatic rings. The average Bonchev–Trinajstić information content (AvgIpc) is 2.44. The third kappa shape index (κ3) is 3.71. The highest BCUT2D eigenvalue weighted by molar-refractivity contribution is 6.31. The molecule has 0 atom stereocenters. The van der Waals surface area contributed by atoms with Crippen LogP contribution >= 0.6 is 23.2 Å². The summed E-state index contributed by atoms with van der Waals surface area (Å²) in [5.74, 6) is 0.430. The first kappa shape index (κ1) is 14.8. The van der Waals surface area contributed by atoms with E-state index in [1.807, 2.05) is 6.92 Å². The summed E-state index contributed by atoms with van der Waals surface area (Å²) in [6, 6.07) is 4.01. The molecular formula is C13H12Cl2FN3O. The smallest absolute Gasteiger partial charge is 0.243 e. The molecule has 1 aromatic carbocycles. The van der Waals surface area contributed by atoms with Crippen LogP contribution in [-0.2, 0) is 0 Å². The zero-order chi connectivity index (χ0) is 14.5. The molecule has 0 bridgehead atoms. The number of rotatable bonds is 5. The van der Waals surface area contributed by atoms with E-state index in [0.29, 0.717) is 11.7 Å². The number of hydrogen-bond acceptors (Lipinski definition) is 4. The predicted molar refractivity (Wildman–Crippen MR) is 77.3 cm³/mol. The van der Waals surface area contributed by atoms with Crippen molar-refractivity contribution in [1.82, 2.24) is 9.97 Å². The quantitative estimate of drug-likeness (QED) is 0.880. The highest BCUT2D eigenvalue weighted by Gasteiger charge is 2.09. The summed E-state index contributed by atoms with van der Waals surface area (Å²) in [5, 5.41) is 3.25. The molecule has 0 aliphatic carbocycles. The standard InChI is InChI=1S/C13H12Cl2FN3O/c1-2-5-17-13-18-7-10(15)12(19-13)20-8-3-4-11(16)9(14)6-8/h3-4,6-7H,2,5H2,1H3,(H,17,18,19). The van der Waals surface area contributed by atoms with E-state index in [4.69, 9.17) is 27.9 Å². The van der Waals surface area contributed by atoms with Crippen LogP contribution in [0.3, 0.4) is 0 Å². The van der Waals surface area contributed by atoms with Gasteiger partial charge in [-0.2, -0.15) is 4.98 Å². The maximum absolute atomic E-state index is 13.1. The molecule has 20 heavy (non-hydrogen) atoms. The molecule has 0 aliphatic heterocycles. The second-order valence-corrected chi connectivity index (χ2v) is 4.77. The second-order valence-electron chi connectivity index (χ2n) is 3.95. The lowest BCUT2D eigenvalue weighted by molar-refractivity contribution is 0.461. The molecular weight excluding hydrogens is 304 g/mol. The molecule has 0 unspecified atom stereocenters. The van der Waals surface area contributed by atoms with Crippen LogP contribution in [0.25, 0.3) is 0 Å². The maximum atomic E-state index is 13.1. The van der Waals surface area contributed by atoms with Crippen LogP contribution in [0.2, 0.25) is 10.0 Å². The average molecular weight is 316 g/mol. The van der Waals surface area contributed by atoms with Crippen LogP contribution in [0, 0.1) is 5.82 Å². The van der Waals surface area contributed by atoms with Gasteiger partial charge in [-0.05, 0) is 18.6 Å². The molecule has 0 amide bonds. The van der Waals surface area contributed by atoms with Crippen molar-refractivity contribution in [3.8, 4) is 11.6 Å². The van der Waals surface area contributed by atoms with E-state index in [9.17, 15) is 4.39 Å². The van der Waals surface area contributed by atoms with Crippen LogP contribution in [0.4, 0.5) is 10.3 Å². The van der Waals surface area contributed by atoms with E-state index in [2.05, 4.69) is 15.3 Å².